The summed E-state index contributed by atoms with van der Waals surface area (Å²) in [4.78, 5) is 16.4. The first-order valence-corrected chi connectivity index (χ1v) is 10.4. The van der Waals surface area contributed by atoms with Gasteiger partial charge in [0.05, 0.1) is 11.5 Å². The number of aromatic nitrogens is 2. The van der Waals surface area contributed by atoms with Gasteiger partial charge in [0.15, 0.2) is 0 Å². The van der Waals surface area contributed by atoms with Crippen molar-refractivity contribution in [1.82, 2.24) is 9.55 Å². The van der Waals surface area contributed by atoms with Crippen LogP contribution in [0.25, 0.3) is 11.0 Å². The van der Waals surface area contributed by atoms with E-state index in [-0.39, 0.29) is 18.5 Å². The van der Waals surface area contributed by atoms with Gasteiger partial charge in [0, 0.05) is 35.1 Å². The van der Waals surface area contributed by atoms with Crippen molar-refractivity contribution in [2.24, 2.45) is 5.92 Å². The van der Waals surface area contributed by atoms with Crippen LogP contribution in [0.3, 0.4) is 0 Å². The van der Waals surface area contributed by atoms with E-state index in [1.54, 1.807) is 30.7 Å². The molecule has 0 bridgehead atoms. The van der Waals surface area contributed by atoms with Crippen LogP contribution in [-0.2, 0) is 30.4 Å². The quantitative estimate of drug-likeness (QED) is 0.603. The predicted molar refractivity (Wildman–Crippen MR) is 105 cm³/mol. The summed E-state index contributed by atoms with van der Waals surface area (Å²) in [5, 5.41) is 10.2. The monoisotopic (exact) mass is 420 g/mol. The first-order valence-electron chi connectivity index (χ1n) is 9.21. The molecule has 1 N–H and O–H groups in total. The summed E-state index contributed by atoms with van der Waals surface area (Å²) in [6.45, 7) is 0.287. The highest BCUT2D eigenvalue weighted by atomic mass is 32.2. The van der Waals surface area contributed by atoms with Crippen LogP contribution < -0.4 is 0 Å². The van der Waals surface area contributed by atoms with Crippen LogP contribution in [0.4, 0.5) is 13.2 Å². The van der Waals surface area contributed by atoms with Crippen LogP contribution in [0, 0.1) is 5.92 Å². The number of carboxylic acids is 1. The van der Waals surface area contributed by atoms with E-state index in [9.17, 15) is 23.1 Å². The number of hydrogen-bond donors (Lipinski definition) is 1. The van der Waals surface area contributed by atoms with Crippen LogP contribution in [0.1, 0.15) is 28.8 Å². The average molecular weight is 420 g/mol. The van der Waals surface area contributed by atoms with Crippen LogP contribution in [0.15, 0.2) is 41.4 Å². The Bertz CT molecular complexity index is 1090. The van der Waals surface area contributed by atoms with E-state index < -0.39 is 23.6 Å². The Morgan fingerprint density at radius 3 is 2.83 bits per heavy atom. The topological polar surface area (TPSA) is 55.1 Å². The molecule has 8 heteroatoms. The van der Waals surface area contributed by atoms with Gasteiger partial charge in [0.25, 0.3) is 0 Å². The average Bonchev–Trinajstić information content (AvgIpc) is 3.01. The number of carbonyl (C=O) groups is 1. The standard InChI is InChI=1S/C21H19F3N2O2S/c1-29-14-6-4-12(17(10-14)21(22,23)24)9-16-15-3-2-8-25-19(15)26-11-13(20(27)28)5-7-18(16)26/h2-4,6,8,10,13H,5,7,9,11H2,1H3,(H,27,28). The smallest absolute Gasteiger partial charge is 0.416 e. The Balaban J connectivity index is 1.84. The molecule has 1 aromatic carbocycles. The van der Waals surface area contributed by atoms with Gasteiger partial charge in [-0.05, 0) is 54.5 Å². The minimum Gasteiger partial charge on any atom is -0.481 e. The number of hydrogen-bond acceptors (Lipinski definition) is 3. The first-order chi connectivity index (χ1) is 13.8. The summed E-state index contributed by atoms with van der Waals surface area (Å²) in [5.74, 6) is -1.37. The number of aliphatic carboxylic acids is 1. The summed E-state index contributed by atoms with van der Waals surface area (Å²) in [5.41, 5.74) is 1.92. The highest BCUT2D eigenvalue weighted by Gasteiger charge is 2.35. The maximum Gasteiger partial charge on any atom is 0.416 e. The zero-order valence-corrected chi connectivity index (χ0v) is 16.5. The minimum absolute atomic E-state index is 0.131. The minimum atomic E-state index is -4.44. The number of benzene rings is 1. The van der Waals surface area contributed by atoms with E-state index >= 15 is 0 Å². The van der Waals surface area contributed by atoms with E-state index in [2.05, 4.69) is 4.98 Å². The van der Waals surface area contributed by atoms with Crippen molar-refractivity contribution in [3.05, 3.63) is 58.9 Å². The molecule has 0 saturated carbocycles. The summed E-state index contributed by atoms with van der Waals surface area (Å²) >= 11 is 1.27. The summed E-state index contributed by atoms with van der Waals surface area (Å²) in [6.07, 6.45) is 0.0355. The van der Waals surface area contributed by atoms with Crippen molar-refractivity contribution in [1.29, 1.82) is 0 Å². The number of halogens is 3. The Morgan fingerprint density at radius 1 is 1.34 bits per heavy atom. The Hall–Kier alpha value is -2.48. The summed E-state index contributed by atoms with van der Waals surface area (Å²) < 4.78 is 43.0. The second-order valence-corrected chi connectivity index (χ2v) is 8.06. The van der Waals surface area contributed by atoms with E-state index in [1.807, 2.05) is 10.6 Å². The molecule has 1 aliphatic rings. The molecule has 2 aromatic heterocycles. The molecular weight excluding hydrogens is 401 g/mol. The van der Waals surface area contributed by atoms with Crippen molar-refractivity contribution < 1.29 is 23.1 Å². The molecule has 0 fully saturated rings. The lowest BCUT2D eigenvalue weighted by atomic mass is 9.93. The van der Waals surface area contributed by atoms with Gasteiger partial charge in [-0.15, -0.1) is 11.8 Å². The fraction of sp³-hybridized carbons (Fsp3) is 0.333. The lowest BCUT2D eigenvalue weighted by Crippen LogP contribution is -2.26. The zero-order valence-electron chi connectivity index (χ0n) is 15.7. The molecule has 4 rings (SSSR count). The van der Waals surface area contributed by atoms with E-state index in [4.69, 9.17) is 0 Å². The number of pyridine rings is 1. The van der Waals surface area contributed by atoms with Crippen molar-refractivity contribution in [2.75, 3.05) is 6.26 Å². The maximum atomic E-state index is 13.7. The molecule has 0 aliphatic carbocycles. The van der Waals surface area contributed by atoms with Gasteiger partial charge in [-0.3, -0.25) is 4.79 Å². The van der Waals surface area contributed by atoms with Gasteiger partial charge < -0.3 is 9.67 Å². The van der Waals surface area contributed by atoms with E-state index in [0.29, 0.717) is 23.4 Å². The third-order valence-corrected chi connectivity index (χ3v) is 6.24. The van der Waals surface area contributed by atoms with E-state index in [0.717, 1.165) is 16.6 Å². The van der Waals surface area contributed by atoms with Gasteiger partial charge in [-0.25, -0.2) is 4.98 Å². The molecule has 1 atom stereocenters. The Labute approximate surface area is 169 Å². The van der Waals surface area contributed by atoms with Crippen LogP contribution in [-0.4, -0.2) is 26.9 Å². The fourth-order valence-electron chi connectivity index (χ4n) is 4.09. The summed E-state index contributed by atoms with van der Waals surface area (Å²) in [6, 6.07) is 8.06. The van der Waals surface area contributed by atoms with Crippen LogP contribution in [0.2, 0.25) is 0 Å². The van der Waals surface area contributed by atoms with Gasteiger partial charge in [-0.2, -0.15) is 13.2 Å². The molecule has 29 heavy (non-hydrogen) atoms. The second kappa shape index (κ2) is 7.40. The zero-order chi connectivity index (χ0) is 20.8. The van der Waals surface area contributed by atoms with E-state index in [1.165, 1.54) is 17.8 Å². The van der Waals surface area contributed by atoms with Crippen molar-refractivity contribution in [3.8, 4) is 0 Å². The first kappa shape index (κ1) is 19.8. The van der Waals surface area contributed by atoms with Crippen LogP contribution in [0.5, 0.6) is 0 Å². The Kier molecular flexibility index (Phi) is 5.06. The van der Waals surface area contributed by atoms with Gasteiger partial charge in [-0.1, -0.05) is 6.07 Å². The maximum absolute atomic E-state index is 13.7. The highest BCUT2D eigenvalue weighted by molar-refractivity contribution is 7.98. The van der Waals surface area contributed by atoms with Crippen LogP contribution >= 0.6 is 11.8 Å². The molecule has 0 spiro atoms. The number of fused-ring (bicyclic) bond motifs is 3. The van der Waals surface area contributed by atoms with Gasteiger partial charge in [0.2, 0.25) is 0 Å². The molecule has 0 saturated heterocycles. The van der Waals surface area contributed by atoms with Crippen molar-refractivity contribution in [3.63, 3.8) is 0 Å². The molecule has 0 radical (unpaired) electrons. The molecule has 3 heterocycles. The lowest BCUT2D eigenvalue weighted by molar-refractivity contribution is -0.142. The number of rotatable bonds is 4. The normalized spacial score (nSPS) is 16.8. The molecule has 0 amide bonds. The van der Waals surface area contributed by atoms with Crippen molar-refractivity contribution in [2.45, 2.75) is 36.9 Å². The molecule has 1 aliphatic heterocycles. The molecule has 3 aromatic rings. The number of alkyl halides is 3. The second-order valence-electron chi connectivity index (χ2n) is 7.18. The molecule has 1 unspecified atom stereocenters. The predicted octanol–water partition coefficient (Wildman–Crippen LogP) is 5.01. The number of carboxylic acid groups (broad SMARTS) is 1. The molecule has 4 nitrogen and oxygen atoms in total. The fourth-order valence-corrected chi connectivity index (χ4v) is 4.53. The third-order valence-electron chi connectivity index (χ3n) is 5.51. The lowest BCUT2D eigenvalue weighted by Gasteiger charge is -2.23. The molecular formula is C21H19F3N2O2S. The molecule has 152 valence electrons. The summed E-state index contributed by atoms with van der Waals surface area (Å²) in [7, 11) is 0. The number of nitrogens with zero attached hydrogens (tertiary/aromatic N) is 2. The Morgan fingerprint density at radius 2 is 2.14 bits per heavy atom. The van der Waals surface area contributed by atoms with Gasteiger partial charge >= 0.3 is 12.1 Å². The van der Waals surface area contributed by atoms with Gasteiger partial charge in [0.1, 0.15) is 5.65 Å². The SMILES string of the molecule is CSc1ccc(Cc2c3n(c4ncccc24)CC(C(=O)O)CC3)c(C(F)(F)F)c1. The highest BCUT2D eigenvalue weighted by Crippen LogP contribution is 2.38. The largest absolute Gasteiger partial charge is 0.481 e. The van der Waals surface area contributed by atoms with Crippen molar-refractivity contribution >= 4 is 28.8 Å². The third kappa shape index (κ3) is 3.61. The number of thioether (sulfide) groups is 1.